The number of hydrogen-bond acceptors (Lipinski definition) is 5. The average Bonchev–Trinajstić information content (AvgIpc) is 3.05. The van der Waals surface area contributed by atoms with Gasteiger partial charge in [0.1, 0.15) is 0 Å². The lowest BCUT2D eigenvalue weighted by Crippen LogP contribution is -1.98. The van der Waals surface area contributed by atoms with E-state index in [2.05, 4.69) is 20.3 Å². The van der Waals surface area contributed by atoms with Gasteiger partial charge in [0.05, 0.1) is 11.8 Å². The average molecular weight is 271 g/mol. The number of fused-ring (bicyclic) bond motifs is 1. The lowest BCUT2D eigenvalue weighted by Gasteiger charge is -2.03. The van der Waals surface area contributed by atoms with Gasteiger partial charge in [0, 0.05) is 24.0 Å². The second kappa shape index (κ2) is 4.70. The molecule has 0 N–H and O–H groups in total. The van der Waals surface area contributed by atoms with Crippen LogP contribution in [0.1, 0.15) is 38.1 Å². The van der Waals surface area contributed by atoms with Crippen LogP contribution in [0.25, 0.3) is 22.5 Å². The molecule has 6 nitrogen and oxygen atoms in total. The molecule has 104 valence electrons. The number of pyridine rings is 1. The molecular formula is C14H17N5O. The van der Waals surface area contributed by atoms with Gasteiger partial charge in [-0.25, -0.2) is 9.67 Å². The van der Waals surface area contributed by atoms with Crippen molar-refractivity contribution >= 4 is 11.0 Å². The fraction of sp³-hybridized carbons (Fsp3) is 0.429. The molecule has 0 aliphatic rings. The first-order valence-electron chi connectivity index (χ1n) is 6.76. The molecule has 0 amide bonds. The predicted molar refractivity (Wildman–Crippen MR) is 75.3 cm³/mol. The molecule has 3 aromatic rings. The van der Waals surface area contributed by atoms with Crippen LogP contribution in [-0.2, 0) is 6.54 Å². The number of aromatic nitrogens is 5. The van der Waals surface area contributed by atoms with Gasteiger partial charge in [-0.3, -0.25) is 0 Å². The van der Waals surface area contributed by atoms with Crippen LogP contribution in [0.5, 0.6) is 0 Å². The Morgan fingerprint density at radius 3 is 2.70 bits per heavy atom. The van der Waals surface area contributed by atoms with Crippen molar-refractivity contribution in [2.75, 3.05) is 0 Å². The van der Waals surface area contributed by atoms with Crippen molar-refractivity contribution in [3.63, 3.8) is 0 Å². The maximum atomic E-state index is 5.70. The molecule has 0 spiro atoms. The van der Waals surface area contributed by atoms with E-state index >= 15 is 0 Å². The standard InChI is InChI=1S/C14H17N5O/c1-5-19-12-10(7-16-19)9(4)11(6-15-12)14-18-17-13(20-14)8(2)3/h6-8H,5H2,1-4H3. The van der Waals surface area contributed by atoms with Gasteiger partial charge in [0.25, 0.3) is 0 Å². The molecular weight excluding hydrogens is 254 g/mol. The highest BCUT2D eigenvalue weighted by molar-refractivity contribution is 5.84. The Bertz CT molecular complexity index is 756. The van der Waals surface area contributed by atoms with Crippen LogP contribution in [-0.4, -0.2) is 25.0 Å². The lowest BCUT2D eigenvalue weighted by molar-refractivity contribution is 0.480. The number of rotatable bonds is 3. The van der Waals surface area contributed by atoms with Crippen LogP contribution in [0.3, 0.4) is 0 Å². The molecule has 0 fully saturated rings. The minimum atomic E-state index is 0.219. The SMILES string of the molecule is CCn1ncc2c(C)c(-c3nnc(C(C)C)o3)cnc21. The minimum Gasteiger partial charge on any atom is -0.420 e. The third kappa shape index (κ3) is 1.88. The summed E-state index contributed by atoms with van der Waals surface area (Å²) in [5.74, 6) is 1.38. The van der Waals surface area contributed by atoms with Crippen molar-refractivity contribution in [2.24, 2.45) is 0 Å². The summed E-state index contributed by atoms with van der Waals surface area (Å²) in [6.45, 7) is 8.92. The summed E-state index contributed by atoms with van der Waals surface area (Å²) in [5.41, 5.74) is 2.82. The summed E-state index contributed by atoms with van der Waals surface area (Å²) in [7, 11) is 0. The van der Waals surface area contributed by atoms with Crippen LogP contribution < -0.4 is 0 Å². The molecule has 0 saturated carbocycles. The third-order valence-corrected chi connectivity index (χ3v) is 3.40. The Morgan fingerprint density at radius 2 is 2.05 bits per heavy atom. The van der Waals surface area contributed by atoms with E-state index in [4.69, 9.17) is 4.42 Å². The van der Waals surface area contributed by atoms with E-state index in [0.29, 0.717) is 11.8 Å². The van der Waals surface area contributed by atoms with Crippen molar-refractivity contribution in [3.8, 4) is 11.5 Å². The quantitative estimate of drug-likeness (QED) is 0.732. The van der Waals surface area contributed by atoms with Crippen molar-refractivity contribution in [2.45, 2.75) is 40.2 Å². The van der Waals surface area contributed by atoms with Crippen LogP contribution in [0.4, 0.5) is 0 Å². The highest BCUT2D eigenvalue weighted by Crippen LogP contribution is 2.28. The summed E-state index contributed by atoms with van der Waals surface area (Å²) in [6, 6.07) is 0. The van der Waals surface area contributed by atoms with Crippen molar-refractivity contribution < 1.29 is 4.42 Å². The van der Waals surface area contributed by atoms with Gasteiger partial charge in [-0.05, 0) is 19.4 Å². The fourth-order valence-electron chi connectivity index (χ4n) is 2.17. The van der Waals surface area contributed by atoms with Crippen molar-refractivity contribution in [1.82, 2.24) is 25.0 Å². The predicted octanol–water partition coefficient (Wildman–Crippen LogP) is 2.93. The van der Waals surface area contributed by atoms with E-state index in [1.54, 1.807) is 6.20 Å². The van der Waals surface area contributed by atoms with Gasteiger partial charge in [-0.15, -0.1) is 10.2 Å². The molecule has 0 bridgehead atoms. The molecule has 0 unspecified atom stereocenters. The maximum Gasteiger partial charge on any atom is 0.249 e. The molecule has 0 atom stereocenters. The zero-order valence-electron chi connectivity index (χ0n) is 12.1. The van der Waals surface area contributed by atoms with Crippen LogP contribution in [0.2, 0.25) is 0 Å². The molecule has 3 rings (SSSR count). The van der Waals surface area contributed by atoms with E-state index in [-0.39, 0.29) is 5.92 Å². The highest BCUT2D eigenvalue weighted by Gasteiger charge is 2.16. The van der Waals surface area contributed by atoms with E-state index < -0.39 is 0 Å². The van der Waals surface area contributed by atoms with Gasteiger partial charge < -0.3 is 4.42 Å². The molecule has 3 aromatic heterocycles. The monoisotopic (exact) mass is 271 g/mol. The summed E-state index contributed by atoms with van der Waals surface area (Å²) >= 11 is 0. The molecule has 3 heterocycles. The zero-order valence-corrected chi connectivity index (χ0v) is 12.1. The second-order valence-electron chi connectivity index (χ2n) is 5.09. The van der Waals surface area contributed by atoms with Crippen LogP contribution in [0.15, 0.2) is 16.8 Å². The Hall–Kier alpha value is -2.24. The molecule has 0 saturated heterocycles. The van der Waals surface area contributed by atoms with Gasteiger partial charge in [-0.2, -0.15) is 5.10 Å². The highest BCUT2D eigenvalue weighted by atomic mass is 16.4. The van der Waals surface area contributed by atoms with Gasteiger partial charge in [-0.1, -0.05) is 13.8 Å². The summed E-state index contributed by atoms with van der Waals surface area (Å²) in [4.78, 5) is 4.48. The fourth-order valence-corrected chi connectivity index (χ4v) is 2.17. The first kappa shape index (κ1) is 12.8. The summed E-state index contributed by atoms with van der Waals surface area (Å²) in [5, 5.41) is 13.5. The third-order valence-electron chi connectivity index (χ3n) is 3.40. The van der Waals surface area contributed by atoms with Crippen molar-refractivity contribution in [3.05, 3.63) is 23.8 Å². The second-order valence-corrected chi connectivity index (χ2v) is 5.09. The lowest BCUT2D eigenvalue weighted by atomic mass is 10.1. The van der Waals surface area contributed by atoms with Crippen LogP contribution in [0, 0.1) is 6.92 Å². The van der Waals surface area contributed by atoms with E-state index in [1.807, 2.05) is 38.6 Å². The molecule has 20 heavy (non-hydrogen) atoms. The zero-order chi connectivity index (χ0) is 14.3. The number of nitrogens with zero attached hydrogens (tertiary/aromatic N) is 5. The normalized spacial score (nSPS) is 11.7. The van der Waals surface area contributed by atoms with Gasteiger partial charge in [0.2, 0.25) is 11.8 Å². The van der Waals surface area contributed by atoms with Gasteiger partial charge in [0.15, 0.2) is 5.65 Å². The van der Waals surface area contributed by atoms with E-state index in [9.17, 15) is 0 Å². The maximum absolute atomic E-state index is 5.70. The Balaban J connectivity index is 2.14. The molecule has 0 aliphatic carbocycles. The Labute approximate surface area is 116 Å². The first-order chi connectivity index (χ1) is 9.61. The summed E-state index contributed by atoms with van der Waals surface area (Å²) < 4.78 is 7.58. The largest absolute Gasteiger partial charge is 0.420 e. The van der Waals surface area contributed by atoms with Crippen molar-refractivity contribution in [1.29, 1.82) is 0 Å². The topological polar surface area (TPSA) is 69.6 Å². The molecule has 0 aliphatic heterocycles. The minimum absolute atomic E-state index is 0.219. The number of aryl methyl sites for hydroxylation is 2. The summed E-state index contributed by atoms with van der Waals surface area (Å²) in [6.07, 6.45) is 3.62. The Kier molecular flexibility index (Phi) is 3.00. The molecule has 0 aromatic carbocycles. The smallest absolute Gasteiger partial charge is 0.249 e. The van der Waals surface area contributed by atoms with E-state index in [1.165, 1.54) is 0 Å². The molecule has 6 heteroatoms. The van der Waals surface area contributed by atoms with Crippen LogP contribution >= 0.6 is 0 Å². The first-order valence-corrected chi connectivity index (χ1v) is 6.76. The molecule has 0 radical (unpaired) electrons. The van der Waals surface area contributed by atoms with Gasteiger partial charge >= 0.3 is 0 Å². The number of hydrogen-bond donors (Lipinski definition) is 0. The Morgan fingerprint density at radius 1 is 1.25 bits per heavy atom. The van der Waals surface area contributed by atoms with E-state index in [0.717, 1.165) is 28.7 Å².